The van der Waals surface area contributed by atoms with Gasteiger partial charge < -0.3 is 4.90 Å². The van der Waals surface area contributed by atoms with Gasteiger partial charge in [-0.15, -0.1) is 0 Å². The van der Waals surface area contributed by atoms with Gasteiger partial charge in [0.05, 0.1) is 0 Å². The third-order valence-electron chi connectivity index (χ3n) is 5.90. The SMILES string of the molecule is O=C1C2CN(CCCc3ccccc3)CCN2CCN1Cc1ccc(F)cc1. The molecule has 0 aromatic heterocycles. The van der Waals surface area contributed by atoms with Crippen LogP contribution in [0.25, 0.3) is 0 Å². The molecule has 2 aliphatic heterocycles. The highest BCUT2D eigenvalue weighted by atomic mass is 19.1. The van der Waals surface area contributed by atoms with Gasteiger partial charge in [0, 0.05) is 39.3 Å². The lowest BCUT2D eigenvalue weighted by Crippen LogP contribution is -2.64. The molecule has 1 atom stereocenters. The zero-order valence-corrected chi connectivity index (χ0v) is 16.3. The highest BCUT2D eigenvalue weighted by Gasteiger charge is 2.38. The quantitative estimate of drug-likeness (QED) is 0.770. The molecular formula is C23H28FN3O. The Kier molecular flexibility index (Phi) is 6.03. The first-order chi connectivity index (χ1) is 13.7. The molecule has 0 saturated carbocycles. The topological polar surface area (TPSA) is 26.8 Å². The number of hydrogen-bond acceptors (Lipinski definition) is 3. The zero-order valence-electron chi connectivity index (χ0n) is 16.3. The molecule has 2 aromatic carbocycles. The fourth-order valence-corrected chi connectivity index (χ4v) is 4.27. The van der Waals surface area contributed by atoms with Crippen molar-refractivity contribution >= 4 is 5.91 Å². The second-order valence-electron chi connectivity index (χ2n) is 7.83. The number of piperazine rings is 2. The van der Waals surface area contributed by atoms with E-state index < -0.39 is 0 Å². The smallest absolute Gasteiger partial charge is 0.241 e. The average molecular weight is 381 g/mol. The molecule has 28 heavy (non-hydrogen) atoms. The summed E-state index contributed by atoms with van der Waals surface area (Å²) in [6.45, 7) is 6.09. The van der Waals surface area contributed by atoms with Crippen LogP contribution in [0.2, 0.25) is 0 Å². The van der Waals surface area contributed by atoms with Crippen molar-refractivity contribution in [3.05, 3.63) is 71.5 Å². The van der Waals surface area contributed by atoms with E-state index in [1.807, 2.05) is 4.90 Å². The summed E-state index contributed by atoms with van der Waals surface area (Å²) in [5.41, 5.74) is 2.36. The largest absolute Gasteiger partial charge is 0.336 e. The number of benzene rings is 2. The number of aryl methyl sites for hydroxylation is 1. The molecule has 0 spiro atoms. The van der Waals surface area contributed by atoms with E-state index in [4.69, 9.17) is 0 Å². The maximum Gasteiger partial charge on any atom is 0.241 e. The molecule has 0 N–H and O–H groups in total. The number of amides is 1. The van der Waals surface area contributed by atoms with Gasteiger partial charge in [-0.3, -0.25) is 14.6 Å². The Morgan fingerprint density at radius 1 is 0.893 bits per heavy atom. The summed E-state index contributed by atoms with van der Waals surface area (Å²) in [4.78, 5) is 19.8. The fraction of sp³-hybridized carbons (Fsp3) is 0.435. The van der Waals surface area contributed by atoms with Gasteiger partial charge in [-0.2, -0.15) is 0 Å². The van der Waals surface area contributed by atoms with Crippen LogP contribution in [0, 0.1) is 5.82 Å². The maximum atomic E-state index is 13.1. The van der Waals surface area contributed by atoms with Crippen molar-refractivity contribution < 1.29 is 9.18 Å². The summed E-state index contributed by atoms with van der Waals surface area (Å²) in [5.74, 6) is -0.0262. The van der Waals surface area contributed by atoms with E-state index >= 15 is 0 Å². The molecule has 4 nitrogen and oxygen atoms in total. The Morgan fingerprint density at radius 2 is 1.64 bits per heavy atom. The summed E-state index contributed by atoms with van der Waals surface area (Å²) in [7, 11) is 0. The molecule has 1 amide bonds. The zero-order chi connectivity index (χ0) is 19.3. The van der Waals surface area contributed by atoms with Crippen LogP contribution in [0.3, 0.4) is 0 Å². The lowest BCUT2D eigenvalue weighted by Gasteiger charge is -2.46. The minimum absolute atomic E-state index is 0.0420. The molecule has 2 fully saturated rings. The number of carbonyl (C=O) groups is 1. The normalized spacial score (nSPS) is 21.0. The predicted octanol–water partition coefficient (Wildman–Crippen LogP) is 2.79. The van der Waals surface area contributed by atoms with Gasteiger partial charge in [-0.1, -0.05) is 42.5 Å². The summed E-state index contributed by atoms with van der Waals surface area (Å²) in [5, 5.41) is 0. The number of hydrogen-bond donors (Lipinski definition) is 0. The van der Waals surface area contributed by atoms with Crippen molar-refractivity contribution in [3.8, 4) is 0 Å². The van der Waals surface area contributed by atoms with Gasteiger partial charge >= 0.3 is 0 Å². The van der Waals surface area contributed by atoms with Crippen molar-refractivity contribution in [2.75, 3.05) is 39.3 Å². The van der Waals surface area contributed by atoms with Crippen LogP contribution in [-0.4, -0.2) is 65.9 Å². The van der Waals surface area contributed by atoms with Crippen molar-refractivity contribution in [1.82, 2.24) is 14.7 Å². The van der Waals surface area contributed by atoms with Crippen molar-refractivity contribution in [3.63, 3.8) is 0 Å². The summed E-state index contributed by atoms with van der Waals surface area (Å²) >= 11 is 0. The van der Waals surface area contributed by atoms with Gasteiger partial charge in [0.15, 0.2) is 0 Å². The highest BCUT2D eigenvalue weighted by Crippen LogP contribution is 2.19. The van der Waals surface area contributed by atoms with E-state index in [-0.39, 0.29) is 17.8 Å². The Labute approximate surface area is 166 Å². The van der Waals surface area contributed by atoms with E-state index in [1.54, 1.807) is 12.1 Å². The van der Waals surface area contributed by atoms with Gasteiger partial charge in [-0.05, 0) is 42.6 Å². The molecule has 0 bridgehead atoms. The van der Waals surface area contributed by atoms with E-state index in [0.29, 0.717) is 6.54 Å². The summed E-state index contributed by atoms with van der Waals surface area (Å²) in [6.07, 6.45) is 2.20. The molecule has 0 aliphatic carbocycles. The monoisotopic (exact) mass is 381 g/mol. The lowest BCUT2D eigenvalue weighted by molar-refractivity contribution is -0.145. The van der Waals surface area contributed by atoms with Crippen LogP contribution in [0.1, 0.15) is 17.5 Å². The fourth-order valence-electron chi connectivity index (χ4n) is 4.27. The molecule has 2 saturated heterocycles. The van der Waals surface area contributed by atoms with Gasteiger partial charge in [-0.25, -0.2) is 4.39 Å². The van der Waals surface area contributed by atoms with Crippen molar-refractivity contribution in [1.29, 1.82) is 0 Å². The van der Waals surface area contributed by atoms with E-state index in [2.05, 4.69) is 40.1 Å². The molecule has 0 radical (unpaired) electrons. The predicted molar refractivity (Wildman–Crippen MR) is 108 cm³/mol. The van der Waals surface area contributed by atoms with Gasteiger partial charge in [0.25, 0.3) is 0 Å². The number of halogens is 1. The van der Waals surface area contributed by atoms with Gasteiger partial charge in [0.1, 0.15) is 11.9 Å². The first kappa shape index (κ1) is 19.1. The van der Waals surface area contributed by atoms with E-state index in [1.165, 1.54) is 17.7 Å². The second-order valence-corrected chi connectivity index (χ2v) is 7.83. The second kappa shape index (κ2) is 8.84. The summed E-state index contributed by atoms with van der Waals surface area (Å²) in [6, 6.07) is 17.0. The maximum absolute atomic E-state index is 13.1. The highest BCUT2D eigenvalue weighted by molar-refractivity contribution is 5.83. The Hall–Kier alpha value is -2.24. The van der Waals surface area contributed by atoms with Crippen LogP contribution in [0.4, 0.5) is 4.39 Å². The molecule has 1 unspecified atom stereocenters. The minimum Gasteiger partial charge on any atom is -0.336 e. The van der Waals surface area contributed by atoms with Crippen LogP contribution in [0.15, 0.2) is 54.6 Å². The molecule has 2 aliphatic rings. The van der Waals surface area contributed by atoms with Crippen molar-refractivity contribution in [2.45, 2.75) is 25.4 Å². The molecule has 5 heteroatoms. The number of nitrogens with zero attached hydrogens (tertiary/aromatic N) is 3. The third-order valence-corrected chi connectivity index (χ3v) is 5.90. The standard InChI is InChI=1S/C23H28FN3O/c24-21-10-8-20(9-11-21)17-27-16-15-26-14-13-25(18-22(26)23(27)28)12-4-7-19-5-2-1-3-6-19/h1-3,5-6,8-11,22H,4,7,12-18H2. The Morgan fingerprint density at radius 3 is 2.43 bits per heavy atom. The number of fused-ring (bicyclic) bond motifs is 1. The Balaban J connectivity index is 1.30. The van der Waals surface area contributed by atoms with Crippen LogP contribution in [-0.2, 0) is 17.8 Å². The molecule has 2 aromatic rings. The average Bonchev–Trinajstić information content (AvgIpc) is 2.73. The van der Waals surface area contributed by atoms with Crippen LogP contribution < -0.4 is 0 Å². The molecular weight excluding hydrogens is 353 g/mol. The number of carbonyl (C=O) groups excluding carboxylic acids is 1. The lowest BCUT2D eigenvalue weighted by atomic mass is 10.0. The van der Waals surface area contributed by atoms with Crippen molar-refractivity contribution in [2.24, 2.45) is 0 Å². The van der Waals surface area contributed by atoms with Crippen LogP contribution >= 0.6 is 0 Å². The number of rotatable bonds is 6. The first-order valence-electron chi connectivity index (χ1n) is 10.2. The Bertz CT molecular complexity index is 780. The van der Waals surface area contributed by atoms with E-state index in [9.17, 15) is 9.18 Å². The third kappa shape index (κ3) is 4.59. The molecule has 2 heterocycles. The first-order valence-corrected chi connectivity index (χ1v) is 10.2. The van der Waals surface area contributed by atoms with Crippen LogP contribution in [0.5, 0.6) is 0 Å². The van der Waals surface area contributed by atoms with E-state index in [0.717, 1.165) is 57.7 Å². The molecule has 4 rings (SSSR count). The molecule has 148 valence electrons. The van der Waals surface area contributed by atoms with Gasteiger partial charge in [0.2, 0.25) is 5.91 Å². The minimum atomic E-state index is -0.238. The summed E-state index contributed by atoms with van der Waals surface area (Å²) < 4.78 is 13.1.